The molecule has 0 radical (unpaired) electrons. The van der Waals surface area contributed by atoms with Crippen molar-refractivity contribution in [3.8, 4) is 5.75 Å². The molecule has 0 aliphatic heterocycles. The van der Waals surface area contributed by atoms with Gasteiger partial charge >= 0.3 is 0 Å². The quantitative estimate of drug-likeness (QED) is 0.656. The molecule has 0 saturated carbocycles. The summed E-state index contributed by atoms with van der Waals surface area (Å²) >= 11 is 0. The third-order valence-corrected chi connectivity index (χ3v) is 4.48. The fourth-order valence-corrected chi connectivity index (χ4v) is 3.07. The van der Waals surface area contributed by atoms with Gasteiger partial charge in [0.15, 0.2) is 5.96 Å². The van der Waals surface area contributed by atoms with E-state index in [1.165, 1.54) is 11.1 Å². The van der Waals surface area contributed by atoms with Crippen molar-refractivity contribution in [2.24, 2.45) is 4.99 Å². The van der Waals surface area contributed by atoms with Crippen LogP contribution < -0.4 is 10.1 Å². The maximum absolute atomic E-state index is 5.75. The number of rotatable bonds is 6. The largest absolute Gasteiger partial charge is 0.492 e. The molecule has 24 heavy (non-hydrogen) atoms. The van der Waals surface area contributed by atoms with Gasteiger partial charge in [-0.3, -0.25) is 4.99 Å². The number of fused-ring (bicyclic) bond motifs is 1. The monoisotopic (exact) mass is 323 g/mol. The highest BCUT2D eigenvalue weighted by atomic mass is 16.5. The van der Waals surface area contributed by atoms with E-state index in [1.807, 2.05) is 44.4 Å². The van der Waals surface area contributed by atoms with Gasteiger partial charge in [-0.05, 0) is 29.7 Å². The van der Waals surface area contributed by atoms with Crippen LogP contribution in [-0.4, -0.2) is 44.7 Å². The molecule has 1 aliphatic rings. The molecule has 4 heteroatoms. The third kappa shape index (κ3) is 3.88. The summed E-state index contributed by atoms with van der Waals surface area (Å²) in [5.74, 6) is 2.41. The number of aliphatic imine (C=N–C) groups is 1. The summed E-state index contributed by atoms with van der Waals surface area (Å²) in [5.41, 5.74) is 2.94. The van der Waals surface area contributed by atoms with Gasteiger partial charge in [-0.2, -0.15) is 0 Å². The first kappa shape index (κ1) is 16.4. The number of nitrogens with one attached hydrogen (secondary N) is 1. The average molecular weight is 323 g/mol. The molecule has 3 rings (SSSR count). The van der Waals surface area contributed by atoms with Crippen molar-refractivity contribution in [1.82, 2.24) is 10.2 Å². The normalized spacial score (nSPS) is 16.1. The van der Waals surface area contributed by atoms with E-state index in [1.54, 1.807) is 0 Å². The topological polar surface area (TPSA) is 36.9 Å². The van der Waals surface area contributed by atoms with E-state index in [2.05, 4.69) is 39.5 Å². The third-order valence-electron chi connectivity index (χ3n) is 4.48. The van der Waals surface area contributed by atoms with Crippen molar-refractivity contribution >= 4 is 5.96 Å². The summed E-state index contributed by atoms with van der Waals surface area (Å²) in [5, 5.41) is 3.48. The lowest BCUT2D eigenvalue weighted by Gasteiger charge is -2.32. The minimum absolute atomic E-state index is 0.590. The second-order valence-electron chi connectivity index (χ2n) is 6.11. The molecule has 0 fully saturated rings. The highest BCUT2D eigenvalue weighted by molar-refractivity contribution is 5.79. The average Bonchev–Trinajstić information content (AvgIpc) is 2.60. The van der Waals surface area contributed by atoms with Gasteiger partial charge in [-0.15, -0.1) is 0 Å². The SMILES string of the molecule is CN=C(NCC1Cc2ccccc21)N(C)CCOc1ccccc1. The van der Waals surface area contributed by atoms with Crippen LogP contribution in [-0.2, 0) is 6.42 Å². The second kappa shape index (κ2) is 7.86. The van der Waals surface area contributed by atoms with Crippen molar-refractivity contribution in [2.75, 3.05) is 33.8 Å². The first-order valence-corrected chi connectivity index (χ1v) is 8.45. The fraction of sp³-hybridized carbons (Fsp3) is 0.350. The zero-order valence-corrected chi connectivity index (χ0v) is 14.4. The lowest BCUT2D eigenvalue weighted by Crippen LogP contribution is -2.43. The molecule has 0 saturated heterocycles. The van der Waals surface area contributed by atoms with E-state index < -0.39 is 0 Å². The van der Waals surface area contributed by atoms with Crippen molar-refractivity contribution in [1.29, 1.82) is 0 Å². The number of ether oxygens (including phenoxy) is 1. The second-order valence-corrected chi connectivity index (χ2v) is 6.11. The standard InChI is InChI=1S/C20H25N3O/c1-21-20(22-15-17-14-16-8-6-7-11-19(16)17)23(2)12-13-24-18-9-4-3-5-10-18/h3-11,17H,12-15H2,1-2H3,(H,21,22). The van der Waals surface area contributed by atoms with E-state index in [-0.39, 0.29) is 0 Å². The molecular weight excluding hydrogens is 298 g/mol. The van der Waals surface area contributed by atoms with Crippen molar-refractivity contribution in [3.05, 3.63) is 65.7 Å². The lowest BCUT2D eigenvalue weighted by atomic mass is 9.78. The molecule has 4 nitrogen and oxygen atoms in total. The first-order valence-electron chi connectivity index (χ1n) is 8.45. The molecular formula is C20H25N3O. The van der Waals surface area contributed by atoms with Crippen molar-refractivity contribution in [3.63, 3.8) is 0 Å². The Kier molecular flexibility index (Phi) is 5.36. The Labute approximate surface area is 144 Å². The van der Waals surface area contributed by atoms with E-state index in [9.17, 15) is 0 Å². The number of nitrogens with zero attached hydrogens (tertiary/aromatic N) is 2. The van der Waals surface area contributed by atoms with E-state index >= 15 is 0 Å². The molecule has 2 aromatic carbocycles. The molecule has 1 aliphatic carbocycles. The van der Waals surface area contributed by atoms with Crippen LogP contribution in [0.1, 0.15) is 17.0 Å². The van der Waals surface area contributed by atoms with Gasteiger partial charge in [0.1, 0.15) is 12.4 Å². The fourth-order valence-electron chi connectivity index (χ4n) is 3.07. The summed E-state index contributed by atoms with van der Waals surface area (Å²) in [4.78, 5) is 6.48. The number of hydrogen-bond donors (Lipinski definition) is 1. The summed E-state index contributed by atoms with van der Waals surface area (Å²) < 4.78 is 5.75. The number of para-hydroxylation sites is 1. The Bertz CT molecular complexity index is 684. The van der Waals surface area contributed by atoms with Gasteiger partial charge in [0.2, 0.25) is 0 Å². The van der Waals surface area contributed by atoms with Gasteiger partial charge in [0.05, 0.1) is 6.54 Å². The Balaban J connectivity index is 1.43. The van der Waals surface area contributed by atoms with Crippen molar-refractivity contribution < 1.29 is 4.74 Å². The van der Waals surface area contributed by atoms with E-state index in [0.717, 1.165) is 31.2 Å². The Hall–Kier alpha value is -2.49. The molecule has 0 spiro atoms. The Morgan fingerprint density at radius 2 is 1.92 bits per heavy atom. The molecule has 0 amide bonds. The van der Waals surface area contributed by atoms with Crippen LogP contribution in [0.2, 0.25) is 0 Å². The summed E-state index contributed by atoms with van der Waals surface area (Å²) in [6.07, 6.45) is 1.15. The van der Waals surface area contributed by atoms with E-state index in [0.29, 0.717) is 12.5 Å². The molecule has 1 atom stereocenters. The van der Waals surface area contributed by atoms with Gasteiger partial charge in [0, 0.05) is 26.6 Å². The smallest absolute Gasteiger partial charge is 0.193 e. The lowest BCUT2D eigenvalue weighted by molar-refractivity contribution is 0.281. The first-order chi connectivity index (χ1) is 11.8. The van der Waals surface area contributed by atoms with Gasteiger partial charge in [-0.1, -0.05) is 42.5 Å². The molecule has 1 unspecified atom stereocenters. The molecule has 0 bridgehead atoms. The van der Waals surface area contributed by atoms with Crippen LogP contribution in [0.4, 0.5) is 0 Å². The minimum atomic E-state index is 0.590. The summed E-state index contributed by atoms with van der Waals surface area (Å²) in [6, 6.07) is 18.6. The van der Waals surface area contributed by atoms with Crippen LogP contribution in [0.25, 0.3) is 0 Å². The molecule has 0 aromatic heterocycles. The highest BCUT2D eigenvalue weighted by Crippen LogP contribution is 2.33. The highest BCUT2D eigenvalue weighted by Gasteiger charge is 2.25. The summed E-state index contributed by atoms with van der Waals surface area (Å²) in [6.45, 7) is 2.34. The maximum Gasteiger partial charge on any atom is 0.193 e. The number of likely N-dealkylation sites (N-methyl/N-ethyl adjacent to an activating group) is 1. The van der Waals surface area contributed by atoms with Gasteiger partial charge in [-0.25, -0.2) is 0 Å². The number of hydrogen-bond acceptors (Lipinski definition) is 2. The van der Waals surface area contributed by atoms with Crippen molar-refractivity contribution in [2.45, 2.75) is 12.3 Å². The predicted molar refractivity (Wildman–Crippen MR) is 98.8 cm³/mol. The zero-order valence-electron chi connectivity index (χ0n) is 14.4. The van der Waals surface area contributed by atoms with Crippen LogP contribution >= 0.6 is 0 Å². The molecule has 2 aromatic rings. The van der Waals surface area contributed by atoms with Gasteiger partial charge < -0.3 is 15.0 Å². The van der Waals surface area contributed by atoms with Crippen LogP contribution in [0.3, 0.4) is 0 Å². The molecule has 126 valence electrons. The Morgan fingerprint density at radius 1 is 1.17 bits per heavy atom. The zero-order chi connectivity index (χ0) is 16.8. The molecule has 0 heterocycles. The molecule has 1 N–H and O–H groups in total. The predicted octanol–water partition coefficient (Wildman–Crippen LogP) is 2.91. The van der Waals surface area contributed by atoms with Gasteiger partial charge in [0.25, 0.3) is 0 Å². The maximum atomic E-state index is 5.75. The van der Waals surface area contributed by atoms with Crippen LogP contribution in [0.5, 0.6) is 5.75 Å². The number of benzene rings is 2. The summed E-state index contributed by atoms with van der Waals surface area (Å²) in [7, 11) is 3.87. The van der Waals surface area contributed by atoms with Crippen LogP contribution in [0, 0.1) is 0 Å². The van der Waals surface area contributed by atoms with E-state index in [4.69, 9.17) is 4.74 Å². The Morgan fingerprint density at radius 3 is 2.67 bits per heavy atom. The minimum Gasteiger partial charge on any atom is -0.492 e. The van der Waals surface area contributed by atoms with Crippen LogP contribution in [0.15, 0.2) is 59.6 Å². The number of guanidine groups is 1.